The topological polar surface area (TPSA) is 81.7 Å². The number of hydrogen-bond acceptors (Lipinski definition) is 6. The van der Waals surface area contributed by atoms with Gasteiger partial charge in [0, 0.05) is 40.5 Å². The highest BCUT2D eigenvalue weighted by atomic mass is 35.5. The summed E-state index contributed by atoms with van der Waals surface area (Å²) in [4.78, 5) is 28.3. The van der Waals surface area contributed by atoms with Crippen LogP contribution in [0.15, 0.2) is 60.8 Å². The van der Waals surface area contributed by atoms with Gasteiger partial charge in [-0.15, -0.1) is 11.3 Å². The standard InChI is InChI=1S/C26H24ClN3O3S/c27-24-10-9-23(34-24)17-5-8-20-21(12-17)22(26(33)29-25(20)32)13-28-18-6-3-16(4-7-18)14-30-11-1-2-19(30)15-31/h3-10,12-13,19,28,31H,1-2,11,14-15H2,(H,29,32,33)/b22-13-. The SMILES string of the molecule is O=C1NC(=O)c2ccc(-c3ccc(Cl)s3)cc2/C1=C/Nc1ccc(CN2CCCC2CO)cc1. The van der Waals surface area contributed by atoms with E-state index < -0.39 is 11.8 Å². The lowest BCUT2D eigenvalue weighted by Gasteiger charge is -2.22. The third-order valence-corrected chi connectivity index (χ3v) is 7.60. The number of thiophene rings is 1. The van der Waals surface area contributed by atoms with Gasteiger partial charge in [0.2, 0.25) is 0 Å². The highest BCUT2D eigenvalue weighted by molar-refractivity contribution is 7.19. The van der Waals surface area contributed by atoms with Gasteiger partial charge in [0.1, 0.15) is 0 Å². The summed E-state index contributed by atoms with van der Waals surface area (Å²) in [7, 11) is 0. The van der Waals surface area contributed by atoms with Crippen molar-refractivity contribution in [3.05, 3.63) is 81.8 Å². The summed E-state index contributed by atoms with van der Waals surface area (Å²) in [5.41, 5.74) is 4.35. The van der Waals surface area contributed by atoms with Gasteiger partial charge in [-0.3, -0.25) is 19.8 Å². The van der Waals surface area contributed by atoms with E-state index in [1.54, 1.807) is 12.3 Å². The number of rotatable bonds is 6. The number of fused-ring (bicyclic) bond motifs is 1. The maximum Gasteiger partial charge on any atom is 0.260 e. The highest BCUT2D eigenvalue weighted by Gasteiger charge is 2.28. The summed E-state index contributed by atoms with van der Waals surface area (Å²) in [5, 5.41) is 15.1. The molecule has 5 rings (SSSR count). The number of imide groups is 1. The smallest absolute Gasteiger partial charge is 0.260 e. The van der Waals surface area contributed by atoms with Gasteiger partial charge in [-0.05, 0) is 66.9 Å². The fourth-order valence-corrected chi connectivity index (χ4v) is 5.54. The molecule has 8 heteroatoms. The third kappa shape index (κ3) is 4.65. The molecule has 0 aliphatic carbocycles. The van der Waals surface area contributed by atoms with Crippen molar-refractivity contribution in [2.45, 2.75) is 25.4 Å². The normalized spacial score (nSPS) is 19.4. The van der Waals surface area contributed by atoms with E-state index in [-0.39, 0.29) is 12.6 Å². The van der Waals surface area contributed by atoms with Crippen molar-refractivity contribution < 1.29 is 14.7 Å². The Morgan fingerprint density at radius 3 is 2.65 bits per heavy atom. The third-order valence-electron chi connectivity index (χ3n) is 6.32. The number of halogens is 1. The number of amides is 2. The number of carbonyl (C=O) groups is 2. The molecule has 1 atom stereocenters. The predicted octanol–water partition coefficient (Wildman–Crippen LogP) is 4.75. The molecule has 3 N–H and O–H groups in total. The van der Waals surface area contributed by atoms with Gasteiger partial charge in [0.05, 0.1) is 16.5 Å². The fraction of sp³-hybridized carbons (Fsp3) is 0.231. The molecular formula is C26H24ClN3O3S. The van der Waals surface area contributed by atoms with E-state index in [0.717, 1.165) is 42.1 Å². The number of carbonyl (C=O) groups excluding carboxylic acids is 2. The van der Waals surface area contributed by atoms with Crippen molar-refractivity contribution in [2.75, 3.05) is 18.5 Å². The van der Waals surface area contributed by atoms with E-state index in [4.69, 9.17) is 11.6 Å². The van der Waals surface area contributed by atoms with Gasteiger partial charge in [-0.2, -0.15) is 0 Å². The lowest BCUT2D eigenvalue weighted by molar-refractivity contribution is -0.114. The van der Waals surface area contributed by atoms with E-state index in [9.17, 15) is 14.7 Å². The number of benzene rings is 2. The molecule has 1 fully saturated rings. The first-order valence-corrected chi connectivity index (χ1v) is 12.4. The number of nitrogens with one attached hydrogen (secondary N) is 2. The van der Waals surface area contributed by atoms with Crippen LogP contribution >= 0.6 is 22.9 Å². The minimum Gasteiger partial charge on any atom is -0.395 e. The van der Waals surface area contributed by atoms with Gasteiger partial charge in [0.25, 0.3) is 11.8 Å². The Balaban J connectivity index is 1.37. The Bertz CT molecular complexity index is 1270. The van der Waals surface area contributed by atoms with E-state index in [2.05, 4.69) is 15.5 Å². The predicted molar refractivity (Wildman–Crippen MR) is 136 cm³/mol. The summed E-state index contributed by atoms with van der Waals surface area (Å²) in [6.07, 6.45) is 3.80. The van der Waals surface area contributed by atoms with Gasteiger partial charge in [-0.1, -0.05) is 29.8 Å². The Hall–Kier alpha value is -2.97. The molecule has 2 aromatic carbocycles. The lowest BCUT2D eigenvalue weighted by atomic mass is 9.93. The van der Waals surface area contributed by atoms with Crippen molar-refractivity contribution >= 4 is 46.0 Å². The van der Waals surface area contributed by atoms with Crippen LogP contribution in [0.4, 0.5) is 5.69 Å². The molecule has 34 heavy (non-hydrogen) atoms. The Morgan fingerprint density at radius 2 is 1.91 bits per heavy atom. The van der Waals surface area contributed by atoms with Crippen LogP contribution in [0.25, 0.3) is 16.0 Å². The van der Waals surface area contributed by atoms with Gasteiger partial charge in [0.15, 0.2) is 0 Å². The summed E-state index contributed by atoms with van der Waals surface area (Å²) >= 11 is 7.53. The molecule has 0 saturated carbocycles. The molecule has 2 aliphatic rings. The molecule has 6 nitrogen and oxygen atoms in total. The molecule has 174 valence electrons. The Morgan fingerprint density at radius 1 is 1.09 bits per heavy atom. The van der Waals surface area contributed by atoms with Crippen LogP contribution < -0.4 is 10.6 Å². The van der Waals surface area contributed by atoms with Crippen LogP contribution in [-0.2, 0) is 11.3 Å². The molecular weight excluding hydrogens is 470 g/mol. The summed E-state index contributed by atoms with van der Waals surface area (Å²) in [5.74, 6) is -0.840. The number of likely N-dealkylation sites (tertiary alicyclic amines) is 1. The zero-order valence-corrected chi connectivity index (χ0v) is 20.0. The van der Waals surface area contributed by atoms with E-state index in [1.165, 1.54) is 16.9 Å². The number of nitrogens with zero attached hydrogens (tertiary/aromatic N) is 1. The Kier molecular flexibility index (Phi) is 6.52. The zero-order valence-electron chi connectivity index (χ0n) is 18.4. The van der Waals surface area contributed by atoms with Gasteiger partial charge >= 0.3 is 0 Å². The second-order valence-electron chi connectivity index (χ2n) is 8.50. The maximum absolute atomic E-state index is 12.7. The number of hydrogen-bond donors (Lipinski definition) is 3. The minimum absolute atomic E-state index is 0.195. The average Bonchev–Trinajstić information content (AvgIpc) is 3.48. The Labute approximate surface area is 206 Å². The second-order valence-corrected chi connectivity index (χ2v) is 10.2. The van der Waals surface area contributed by atoms with E-state index in [1.807, 2.05) is 48.5 Å². The highest BCUT2D eigenvalue weighted by Crippen LogP contribution is 2.34. The molecule has 2 amide bonds. The van der Waals surface area contributed by atoms with Gasteiger partial charge in [-0.25, -0.2) is 0 Å². The molecule has 0 bridgehead atoms. The molecule has 3 heterocycles. The first-order valence-electron chi connectivity index (χ1n) is 11.2. The first kappa shape index (κ1) is 22.8. The number of aliphatic hydroxyl groups is 1. The molecule has 1 aromatic heterocycles. The molecule has 1 saturated heterocycles. The summed E-state index contributed by atoms with van der Waals surface area (Å²) < 4.78 is 0.680. The van der Waals surface area contributed by atoms with Crippen LogP contribution in [0.5, 0.6) is 0 Å². The molecule has 1 unspecified atom stereocenters. The van der Waals surface area contributed by atoms with Crippen molar-refractivity contribution in [1.29, 1.82) is 0 Å². The van der Waals surface area contributed by atoms with Crippen LogP contribution in [-0.4, -0.2) is 41.0 Å². The van der Waals surface area contributed by atoms with Crippen molar-refractivity contribution in [2.24, 2.45) is 0 Å². The van der Waals surface area contributed by atoms with Crippen LogP contribution in [0, 0.1) is 0 Å². The summed E-state index contributed by atoms with van der Waals surface area (Å²) in [6, 6.07) is 17.5. The van der Waals surface area contributed by atoms with Crippen molar-refractivity contribution in [3.63, 3.8) is 0 Å². The quantitative estimate of drug-likeness (QED) is 0.341. The maximum atomic E-state index is 12.7. The fourth-order valence-electron chi connectivity index (χ4n) is 4.50. The largest absolute Gasteiger partial charge is 0.395 e. The van der Waals surface area contributed by atoms with Gasteiger partial charge < -0.3 is 10.4 Å². The minimum atomic E-state index is -0.438. The molecule has 3 aromatic rings. The monoisotopic (exact) mass is 493 g/mol. The molecule has 0 spiro atoms. The lowest BCUT2D eigenvalue weighted by Crippen LogP contribution is -2.36. The zero-order chi connectivity index (χ0) is 23.7. The number of aliphatic hydroxyl groups excluding tert-OH is 1. The van der Waals surface area contributed by atoms with E-state index in [0.29, 0.717) is 21.0 Å². The van der Waals surface area contributed by atoms with Crippen LogP contribution in [0.3, 0.4) is 0 Å². The van der Waals surface area contributed by atoms with Crippen LogP contribution in [0.1, 0.15) is 34.3 Å². The first-order chi connectivity index (χ1) is 16.5. The number of anilines is 1. The molecule has 0 radical (unpaired) electrons. The average molecular weight is 494 g/mol. The van der Waals surface area contributed by atoms with E-state index >= 15 is 0 Å². The summed E-state index contributed by atoms with van der Waals surface area (Å²) in [6.45, 7) is 2.00. The van der Waals surface area contributed by atoms with Crippen molar-refractivity contribution in [3.8, 4) is 10.4 Å². The molecule has 2 aliphatic heterocycles. The van der Waals surface area contributed by atoms with Crippen molar-refractivity contribution in [1.82, 2.24) is 10.2 Å². The van der Waals surface area contributed by atoms with Crippen LogP contribution in [0.2, 0.25) is 4.34 Å². The second kappa shape index (κ2) is 9.72.